The van der Waals surface area contributed by atoms with Crippen molar-refractivity contribution >= 4 is 59.2 Å². The summed E-state index contributed by atoms with van der Waals surface area (Å²) in [6.07, 6.45) is 0.658. The molecule has 1 aliphatic heterocycles. The minimum atomic E-state index is -3.73. The number of carbonyl (C=O) groups is 1. The average Bonchev–Trinajstić information content (AvgIpc) is 2.68. The van der Waals surface area contributed by atoms with E-state index in [0.717, 1.165) is 11.1 Å². The number of ether oxygens (including phenoxy) is 1. The summed E-state index contributed by atoms with van der Waals surface area (Å²) in [4.78, 5) is 12.5. The van der Waals surface area contributed by atoms with Crippen LogP contribution in [0.5, 0.6) is 0 Å². The van der Waals surface area contributed by atoms with Crippen molar-refractivity contribution in [3.8, 4) is 0 Å². The van der Waals surface area contributed by atoms with E-state index in [1.807, 2.05) is 37.3 Å². The van der Waals surface area contributed by atoms with Gasteiger partial charge in [-0.2, -0.15) is 0 Å². The second-order valence-corrected chi connectivity index (χ2v) is 12.7. The molecule has 3 rings (SSSR count). The Bertz CT molecular complexity index is 899. The molecule has 1 saturated heterocycles. The van der Waals surface area contributed by atoms with E-state index < -0.39 is 10.0 Å². The molecule has 3 atom stereocenters. The van der Waals surface area contributed by atoms with Crippen molar-refractivity contribution in [1.29, 1.82) is 0 Å². The van der Waals surface area contributed by atoms with Crippen LogP contribution in [0.15, 0.2) is 59.5 Å². The van der Waals surface area contributed by atoms with Gasteiger partial charge in [0.15, 0.2) is 0 Å². The Balaban J connectivity index is 2.05. The van der Waals surface area contributed by atoms with Crippen LogP contribution in [0.1, 0.15) is 23.6 Å². The normalized spacial score (nSPS) is 23.7. The number of hydrogen-bond donors (Lipinski definition) is 0. The summed E-state index contributed by atoms with van der Waals surface area (Å²) in [6.45, 7) is 2.09. The maximum absolute atomic E-state index is 13.4. The SMILES string of the molecule is COC(=O)C1CN(S(=O)(=O)c2ccc(C)cc2)[C@@H](c2ccccc2)C[C@@H]1[SrH]. The molecule has 0 radical (unpaired) electrons. The van der Waals surface area contributed by atoms with Crippen LogP contribution in [0.2, 0.25) is 0.889 Å². The molecule has 27 heavy (non-hydrogen) atoms. The van der Waals surface area contributed by atoms with Gasteiger partial charge in [0, 0.05) is 0 Å². The monoisotopic (exact) mass is 461 g/mol. The third kappa shape index (κ3) is 4.49. The molecule has 0 aliphatic carbocycles. The number of methoxy groups -OCH3 is 1. The molecule has 0 aromatic heterocycles. The Kier molecular flexibility index (Phi) is 6.82. The number of piperidine rings is 1. The molecule has 2 aromatic rings. The van der Waals surface area contributed by atoms with Crippen LogP contribution in [-0.4, -0.2) is 75.6 Å². The van der Waals surface area contributed by atoms with Gasteiger partial charge in [0.05, 0.1) is 0 Å². The Hall–Kier alpha value is -0.699. The van der Waals surface area contributed by atoms with Crippen molar-refractivity contribution in [2.75, 3.05) is 13.7 Å². The summed E-state index contributed by atoms with van der Waals surface area (Å²) in [6, 6.07) is 16.3. The summed E-state index contributed by atoms with van der Waals surface area (Å²) in [5.74, 6) is -0.694. The molecule has 0 amide bonds. The number of benzene rings is 2. The second kappa shape index (κ2) is 8.76. The van der Waals surface area contributed by atoms with Gasteiger partial charge >= 0.3 is 192 Å². The molecule has 0 N–H and O–H groups in total. The number of nitrogens with zero attached hydrogens (tertiary/aromatic N) is 1. The van der Waals surface area contributed by atoms with Crippen LogP contribution in [0.25, 0.3) is 0 Å². The zero-order valence-electron chi connectivity index (χ0n) is 15.8. The maximum atomic E-state index is 13.4. The number of hydrogen-bond acceptors (Lipinski definition) is 4. The number of sulfonamides is 1. The van der Waals surface area contributed by atoms with E-state index in [4.69, 9.17) is 4.74 Å². The minimum absolute atomic E-state index is 0.167. The van der Waals surface area contributed by atoms with E-state index in [9.17, 15) is 13.2 Å². The summed E-state index contributed by atoms with van der Waals surface area (Å²) in [7, 11) is -2.36. The van der Waals surface area contributed by atoms with Gasteiger partial charge < -0.3 is 0 Å². The van der Waals surface area contributed by atoms with Crippen molar-refractivity contribution < 1.29 is 17.9 Å². The predicted octanol–water partition coefficient (Wildman–Crippen LogP) is 2.61. The van der Waals surface area contributed by atoms with Gasteiger partial charge in [-0.05, 0) is 0 Å². The number of rotatable bonds is 4. The van der Waals surface area contributed by atoms with Crippen molar-refractivity contribution in [2.45, 2.75) is 25.2 Å². The van der Waals surface area contributed by atoms with E-state index in [-0.39, 0.29) is 73.5 Å². The van der Waals surface area contributed by atoms with E-state index >= 15 is 0 Å². The van der Waals surface area contributed by atoms with Gasteiger partial charge in [0.2, 0.25) is 0 Å². The quantitative estimate of drug-likeness (QED) is 0.519. The van der Waals surface area contributed by atoms with E-state index in [1.165, 1.54) is 11.4 Å². The van der Waals surface area contributed by atoms with E-state index in [2.05, 4.69) is 0 Å². The fourth-order valence-electron chi connectivity index (χ4n) is 3.68. The molecule has 140 valence electrons. The number of aryl methyl sites for hydroxylation is 1. The topological polar surface area (TPSA) is 63.7 Å². The van der Waals surface area contributed by atoms with Crippen molar-refractivity contribution in [2.24, 2.45) is 5.92 Å². The summed E-state index contributed by atoms with van der Waals surface area (Å²) in [5, 5.41) is 0. The van der Waals surface area contributed by atoms with Gasteiger partial charge in [-0.3, -0.25) is 0 Å². The van der Waals surface area contributed by atoms with Crippen LogP contribution < -0.4 is 0 Å². The molecular formula is C20H23NO4SSr. The molecule has 0 saturated carbocycles. The standard InChI is InChI=1S/C20H22NO4S.Sr.H/c1-15-8-11-18(12-9-15)26(23,24)21-14-17(20(22)25-2)10-13-19(21)16-6-4-3-5-7-16;;/h3-12,17,19H,13-14H2,1-2H3;;/t17?,19-;;/m1../s1. The molecule has 1 heterocycles. The van der Waals surface area contributed by atoms with Crippen molar-refractivity contribution in [3.05, 3.63) is 65.7 Å². The van der Waals surface area contributed by atoms with Gasteiger partial charge in [0.25, 0.3) is 0 Å². The Labute approximate surface area is 190 Å². The number of carbonyl (C=O) groups excluding carboxylic acids is 1. The zero-order valence-corrected chi connectivity index (χ0v) is 21.6. The fraction of sp³-hybridized carbons (Fsp3) is 0.350. The van der Waals surface area contributed by atoms with Crippen LogP contribution in [0.3, 0.4) is 0 Å². The van der Waals surface area contributed by atoms with Crippen LogP contribution in [0, 0.1) is 12.8 Å². The average molecular weight is 461 g/mol. The van der Waals surface area contributed by atoms with Gasteiger partial charge in [-0.25, -0.2) is 0 Å². The third-order valence-electron chi connectivity index (χ3n) is 5.32. The molecule has 2 aromatic carbocycles. The molecule has 0 bridgehead atoms. The molecule has 1 aliphatic rings. The Morgan fingerprint density at radius 1 is 1.11 bits per heavy atom. The Morgan fingerprint density at radius 2 is 1.74 bits per heavy atom. The molecular weight excluding hydrogens is 438 g/mol. The summed E-state index contributed by atoms with van der Waals surface area (Å²) < 4.78 is 33.6. The first-order chi connectivity index (χ1) is 12.8. The van der Waals surface area contributed by atoms with E-state index in [1.54, 1.807) is 24.3 Å². The van der Waals surface area contributed by atoms with Gasteiger partial charge in [-0.15, -0.1) is 0 Å². The van der Waals surface area contributed by atoms with Crippen LogP contribution in [0.4, 0.5) is 0 Å². The fourth-order valence-corrected chi connectivity index (χ4v) is 7.62. The first-order valence-electron chi connectivity index (χ1n) is 9.06. The first kappa shape index (κ1) is 21.0. The summed E-state index contributed by atoms with van der Waals surface area (Å²) >= 11 is 0.196. The van der Waals surface area contributed by atoms with Crippen molar-refractivity contribution in [3.63, 3.8) is 0 Å². The predicted molar refractivity (Wildman–Crippen MR) is 105 cm³/mol. The second-order valence-electron chi connectivity index (χ2n) is 7.16. The van der Waals surface area contributed by atoms with E-state index in [0.29, 0.717) is 6.42 Å². The zero-order chi connectivity index (χ0) is 19.6. The van der Waals surface area contributed by atoms with Gasteiger partial charge in [-0.1, -0.05) is 0 Å². The first-order valence-corrected chi connectivity index (χ1v) is 13.3. The summed E-state index contributed by atoms with van der Waals surface area (Å²) in [5.41, 5.74) is 1.97. The molecule has 1 unspecified atom stereocenters. The molecule has 7 heteroatoms. The van der Waals surface area contributed by atoms with Gasteiger partial charge in [0.1, 0.15) is 0 Å². The molecule has 1 fully saturated rings. The number of esters is 1. The Morgan fingerprint density at radius 3 is 2.33 bits per heavy atom. The van der Waals surface area contributed by atoms with Crippen molar-refractivity contribution in [1.82, 2.24) is 4.31 Å². The van der Waals surface area contributed by atoms with Crippen LogP contribution >= 0.6 is 0 Å². The van der Waals surface area contributed by atoms with Crippen LogP contribution in [-0.2, 0) is 19.6 Å². The third-order valence-corrected chi connectivity index (χ3v) is 10.3. The molecule has 5 nitrogen and oxygen atoms in total. The molecule has 0 spiro atoms.